The fourth-order valence-electron chi connectivity index (χ4n) is 2.93. The molecule has 3 N–H and O–H groups in total. The van der Waals surface area contributed by atoms with E-state index < -0.39 is 5.91 Å². The number of allylic oxidation sites excluding steroid dienone is 2. The zero-order chi connectivity index (χ0) is 20.1. The highest BCUT2D eigenvalue weighted by Gasteiger charge is 2.23. The summed E-state index contributed by atoms with van der Waals surface area (Å²) in [4.78, 5) is 27.9. The molecule has 1 aliphatic rings. The van der Waals surface area contributed by atoms with Crippen molar-refractivity contribution in [3.05, 3.63) is 22.8 Å². The lowest BCUT2D eigenvalue weighted by atomic mass is 9.80. The molecule has 6 heteroatoms. The average molecular weight is 382 g/mol. The predicted octanol–water partition coefficient (Wildman–Crippen LogP) is 4.20. The number of thioether (sulfide) groups is 1. The minimum absolute atomic E-state index is 0.136. The van der Waals surface area contributed by atoms with Gasteiger partial charge in [-0.3, -0.25) is 9.59 Å². The van der Waals surface area contributed by atoms with E-state index in [1.807, 2.05) is 26.8 Å². The number of nitrogens with one attached hydrogen (secondary N) is 1. The monoisotopic (exact) mass is 381 g/mol. The first kappa shape index (κ1) is 24.4. The number of hydrogen-bond donors (Lipinski definition) is 2. The quantitative estimate of drug-likeness (QED) is 0.410. The highest BCUT2D eigenvalue weighted by Crippen LogP contribution is 2.35. The van der Waals surface area contributed by atoms with Crippen molar-refractivity contribution in [1.82, 2.24) is 5.32 Å². The Hall–Kier alpha value is -1.56. The maximum atomic E-state index is 12.5. The van der Waals surface area contributed by atoms with Crippen molar-refractivity contribution >= 4 is 28.7 Å². The smallest absolute Gasteiger partial charge is 0.267 e. The minimum atomic E-state index is -0.439. The number of rotatable bonds is 6. The SMILES string of the molecule is C/C=C(/C(=O)NCC(=O)N=C(N)SC)C1=C(C(C)CC)CCCC1.CC. The summed E-state index contributed by atoms with van der Waals surface area (Å²) < 4.78 is 0. The van der Waals surface area contributed by atoms with Crippen LogP contribution in [0.15, 0.2) is 27.8 Å². The molecule has 1 aliphatic carbocycles. The Morgan fingerprint density at radius 1 is 1.31 bits per heavy atom. The van der Waals surface area contributed by atoms with Crippen LogP contribution in [0.3, 0.4) is 0 Å². The largest absolute Gasteiger partial charge is 0.378 e. The van der Waals surface area contributed by atoms with Crippen LogP contribution < -0.4 is 11.1 Å². The molecule has 1 rings (SSSR count). The van der Waals surface area contributed by atoms with Crippen LogP contribution in [0.5, 0.6) is 0 Å². The Bertz CT molecular complexity index is 565. The van der Waals surface area contributed by atoms with Crippen molar-refractivity contribution in [3.63, 3.8) is 0 Å². The van der Waals surface area contributed by atoms with Gasteiger partial charge in [0.25, 0.3) is 11.8 Å². The van der Waals surface area contributed by atoms with E-state index >= 15 is 0 Å². The summed E-state index contributed by atoms with van der Waals surface area (Å²) in [6.07, 6.45) is 8.94. The molecule has 26 heavy (non-hydrogen) atoms. The summed E-state index contributed by atoms with van der Waals surface area (Å²) in [7, 11) is 0. The molecule has 2 amide bonds. The molecule has 1 unspecified atom stereocenters. The molecule has 1 atom stereocenters. The Balaban J connectivity index is 0.00000301. The number of nitrogens with zero attached hydrogens (tertiary/aromatic N) is 1. The lowest BCUT2D eigenvalue weighted by Gasteiger charge is -2.26. The van der Waals surface area contributed by atoms with E-state index in [1.165, 1.54) is 23.8 Å². The first-order chi connectivity index (χ1) is 12.4. The topological polar surface area (TPSA) is 84.5 Å². The van der Waals surface area contributed by atoms with Crippen molar-refractivity contribution in [1.29, 1.82) is 0 Å². The molecule has 0 saturated heterocycles. The predicted molar refractivity (Wildman–Crippen MR) is 113 cm³/mol. The molecule has 0 aromatic carbocycles. The van der Waals surface area contributed by atoms with Gasteiger partial charge in [-0.25, -0.2) is 0 Å². The van der Waals surface area contributed by atoms with Crippen LogP contribution in [-0.2, 0) is 9.59 Å². The fourth-order valence-corrected chi connectivity index (χ4v) is 3.12. The number of aliphatic imine (C=N–C) groups is 1. The first-order valence-electron chi connectivity index (χ1n) is 9.52. The molecule has 5 nitrogen and oxygen atoms in total. The summed E-state index contributed by atoms with van der Waals surface area (Å²) in [5, 5.41) is 2.88. The Morgan fingerprint density at radius 2 is 1.92 bits per heavy atom. The lowest BCUT2D eigenvalue weighted by Crippen LogP contribution is -2.31. The summed E-state index contributed by atoms with van der Waals surface area (Å²) in [6.45, 7) is 10.1. The Morgan fingerprint density at radius 3 is 2.46 bits per heavy atom. The highest BCUT2D eigenvalue weighted by atomic mass is 32.2. The average Bonchev–Trinajstić information content (AvgIpc) is 2.68. The second kappa shape index (κ2) is 13.6. The third kappa shape index (κ3) is 7.77. The maximum Gasteiger partial charge on any atom is 0.267 e. The number of carbonyl (C=O) groups is 2. The summed E-state index contributed by atoms with van der Waals surface area (Å²) >= 11 is 1.20. The van der Waals surface area contributed by atoms with Crippen molar-refractivity contribution in [3.8, 4) is 0 Å². The number of amides is 2. The van der Waals surface area contributed by atoms with Crippen LogP contribution in [0.2, 0.25) is 0 Å². The van der Waals surface area contributed by atoms with Crippen molar-refractivity contribution in [2.24, 2.45) is 16.6 Å². The van der Waals surface area contributed by atoms with E-state index in [4.69, 9.17) is 5.73 Å². The van der Waals surface area contributed by atoms with Crippen molar-refractivity contribution in [2.75, 3.05) is 12.8 Å². The lowest BCUT2D eigenvalue weighted by molar-refractivity contribution is -0.122. The van der Waals surface area contributed by atoms with Gasteiger partial charge in [0.05, 0.1) is 6.54 Å². The number of carbonyl (C=O) groups excluding carboxylic acids is 2. The number of hydrogen-bond acceptors (Lipinski definition) is 3. The van der Waals surface area contributed by atoms with E-state index in [1.54, 1.807) is 6.26 Å². The van der Waals surface area contributed by atoms with Crippen LogP contribution in [0.1, 0.15) is 66.7 Å². The van der Waals surface area contributed by atoms with Crippen LogP contribution >= 0.6 is 11.8 Å². The van der Waals surface area contributed by atoms with Crippen LogP contribution in [0.4, 0.5) is 0 Å². The summed E-state index contributed by atoms with van der Waals surface area (Å²) in [5.74, 6) is -0.164. The molecule has 0 saturated carbocycles. The van der Waals surface area contributed by atoms with Gasteiger partial charge >= 0.3 is 0 Å². The van der Waals surface area contributed by atoms with Gasteiger partial charge in [0.2, 0.25) is 0 Å². The molecular weight excluding hydrogens is 346 g/mol. The molecule has 0 spiro atoms. The van der Waals surface area contributed by atoms with E-state index in [0.717, 1.165) is 31.3 Å². The third-order valence-corrected chi connectivity index (χ3v) is 4.93. The van der Waals surface area contributed by atoms with E-state index in [-0.39, 0.29) is 17.6 Å². The fraction of sp³-hybridized carbons (Fsp3) is 0.650. The molecule has 148 valence electrons. The molecule has 0 radical (unpaired) electrons. The van der Waals surface area contributed by atoms with Gasteiger partial charge in [0.1, 0.15) is 0 Å². The standard InChI is InChI=1S/C18H29N3O2S.C2H6/c1-5-12(3)14-9-7-8-10-15(14)13(6-2)17(23)20-11-16(22)21-18(19)24-4;1-2/h6,12H,5,7-11H2,1-4H3,(H,20,23)(H2,19,21,22);1-2H3/b13-6+;. The second-order valence-corrected chi connectivity index (χ2v) is 6.78. The molecule has 0 fully saturated rings. The van der Waals surface area contributed by atoms with Crippen LogP contribution in [0.25, 0.3) is 0 Å². The maximum absolute atomic E-state index is 12.5. The first-order valence-corrected chi connectivity index (χ1v) is 10.7. The molecular formula is C20H35N3O2S. The second-order valence-electron chi connectivity index (χ2n) is 5.95. The normalized spacial score (nSPS) is 16.5. The Kier molecular flexibility index (Phi) is 12.8. The van der Waals surface area contributed by atoms with Gasteiger partial charge in [-0.15, -0.1) is 0 Å². The molecule has 0 bridgehead atoms. The van der Waals surface area contributed by atoms with Crippen LogP contribution in [-0.4, -0.2) is 29.8 Å². The van der Waals surface area contributed by atoms with Gasteiger partial charge in [0.15, 0.2) is 5.17 Å². The number of nitrogens with two attached hydrogens (primary N) is 1. The zero-order valence-corrected chi connectivity index (χ0v) is 18.0. The van der Waals surface area contributed by atoms with Crippen molar-refractivity contribution < 1.29 is 9.59 Å². The van der Waals surface area contributed by atoms with E-state index in [9.17, 15) is 9.59 Å². The van der Waals surface area contributed by atoms with Gasteiger partial charge in [-0.1, -0.05) is 51.1 Å². The van der Waals surface area contributed by atoms with E-state index in [2.05, 4.69) is 24.2 Å². The van der Waals surface area contributed by atoms with Gasteiger partial charge in [-0.2, -0.15) is 4.99 Å². The molecule has 0 aromatic heterocycles. The highest BCUT2D eigenvalue weighted by molar-refractivity contribution is 8.13. The van der Waals surface area contributed by atoms with Gasteiger partial charge < -0.3 is 11.1 Å². The molecule has 0 aliphatic heterocycles. The van der Waals surface area contributed by atoms with Crippen LogP contribution in [0, 0.1) is 5.92 Å². The minimum Gasteiger partial charge on any atom is -0.378 e. The zero-order valence-electron chi connectivity index (χ0n) is 17.1. The summed E-state index contributed by atoms with van der Waals surface area (Å²) in [5.41, 5.74) is 8.76. The third-order valence-electron chi connectivity index (χ3n) is 4.42. The molecule has 0 aromatic rings. The van der Waals surface area contributed by atoms with Gasteiger partial charge in [0, 0.05) is 5.57 Å². The van der Waals surface area contributed by atoms with Crippen molar-refractivity contribution in [2.45, 2.75) is 66.7 Å². The van der Waals surface area contributed by atoms with Gasteiger partial charge in [-0.05, 0) is 56.8 Å². The Labute approximate surface area is 163 Å². The summed E-state index contributed by atoms with van der Waals surface area (Å²) in [6, 6.07) is 0. The van der Waals surface area contributed by atoms with E-state index in [0.29, 0.717) is 11.5 Å². The number of amidine groups is 1. The molecule has 0 heterocycles.